The summed E-state index contributed by atoms with van der Waals surface area (Å²) in [5.41, 5.74) is -0.862. The van der Waals surface area contributed by atoms with Crippen molar-refractivity contribution in [2.45, 2.75) is 31.5 Å². The van der Waals surface area contributed by atoms with Gasteiger partial charge in [-0.25, -0.2) is 4.98 Å². The molecule has 0 aliphatic carbocycles. The van der Waals surface area contributed by atoms with E-state index < -0.39 is 5.54 Å². The van der Waals surface area contributed by atoms with Crippen LogP contribution < -0.4 is 5.32 Å². The molecule has 6 nitrogen and oxygen atoms in total. The molecular formula is C14H17N5OS2. The van der Waals surface area contributed by atoms with Crippen LogP contribution in [0.4, 0.5) is 0 Å². The minimum Gasteiger partial charge on any atom is -0.337 e. The van der Waals surface area contributed by atoms with Crippen LogP contribution in [0.25, 0.3) is 10.7 Å². The molecule has 0 aliphatic rings. The second kappa shape index (κ2) is 6.94. The molecule has 2 N–H and O–H groups in total. The van der Waals surface area contributed by atoms with E-state index in [2.05, 4.69) is 26.6 Å². The van der Waals surface area contributed by atoms with E-state index in [1.165, 1.54) is 11.8 Å². The fourth-order valence-electron chi connectivity index (χ4n) is 1.59. The number of rotatable bonds is 6. The van der Waals surface area contributed by atoms with E-state index in [0.717, 1.165) is 4.88 Å². The summed E-state index contributed by atoms with van der Waals surface area (Å²) >= 11 is 2.81. The van der Waals surface area contributed by atoms with E-state index >= 15 is 0 Å². The number of amides is 1. The number of nitrogens with zero attached hydrogens (tertiary/aromatic N) is 3. The number of nitriles is 1. The zero-order valence-electron chi connectivity index (χ0n) is 12.6. The Labute approximate surface area is 137 Å². The fraction of sp³-hybridized carbons (Fsp3) is 0.429. The Morgan fingerprint density at radius 2 is 2.41 bits per heavy atom. The highest BCUT2D eigenvalue weighted by Gasteiger charge is 2.29. The summed E-state index contributed by atoms with van der Waals surface area (Å²) in [6.07, 6.45) is 0. The van der Waals surface area contributed by atoms with Crippen LogP contribution in [0.3, 0.4) is 0 Å². The largest absolute Gasteiger partial charge is 0.337 e. The maximum Gasteiger partial charge on any atom is 0.231 e. The van der Waals surface area contributed by atoms with Gasteiger partial charge in [-0.1, -0.05) is 31.7 Å². The number of thioether (sulfide) groups is 1. The van der Waals surface area contributed by atoms with Crippen LogP contribution in [-0.4, -0.2) is 32.4 Å². The number of hydrogen-bond acceptors (Lipinski definition) is 6. The van der Waals surface area contributed by atoms with Crippen LogP contribution in [0, 0.1) is 17.2 Å². The minimum atomic E-state index is -0.862. The average Bonchev–Trinajstić information content (AvgIpc) is 3.15. The van der Waals surface area contributed by atoms with Gasteiger partial charge in [-0.3, -0.25) is 9.89 Å². The third-order valence-electron chi connectivity index (χ3n) is 3.34. The third kappa shape index (κ3) is 3.87. The molecule has 0 unspecified atom stereocenters. The zero-order valence-corrected chi connectivity index (χ0v) is 14.2. The summed E-state index contributed by atoms with van der Waals surface area (Å²) < 4.78 is 0. The summed E-state index contributed by atoms with van der Waals surface area (Å²) in [7, 11) is 0. The van der Waals surface area contributed by atoms with Gasteiger partial charge in [-0.05, 0) is 24.3 Å². The predicted molar refractivity (Wildman–Crippen MR) is 87.4 cm³/mol. The van der Waals surface area contributed by atoms with Crippen molar-refractivity contribution in [1.82, 2.24) is 20.5 Å². The normalized spacial score (nSPS) is 13.6. The Balaban J connectivity index is 1.91. The molecule has 2 rings (SSSR count). The number of thiophene rings is 1. The maximum atomic E-state index is 12.0. The van der Waals surface area contributed by atoms with Gasteiger partial charge in [0.25, 0.3) is 0 Å². The van der Waals surface area contributed by atoms with Crippen molar-refractivity contribution in [3.63, 3.8) is 0 Å². The van der Waals surface area contributed by atoms with Crippen molar-refractivity contribution in [2.24, 2.45) is 5.92 Å². The van der Waals surface area contributed by atoms with E-state index in [1.807, 2.05) is 31.4 Å². The first-order chi connectivity index (χ1) is 10.4. The van der Waals surface area contributed by atoms with E-state index in [0.29, 0.717) is 11.0 Å². The fourth-order valence-corrected chi connectivity index (χ4v) is 2.85. The number of nitrogens with one attached hydrogen (secondary N) is 2. The molecule has 2 aromatic rings. The molecule has 0 aliphatic heterocycles. The van der Waals surface area contributed by atoms with Gasteiger partial charge in [-0.2, -0.15) is 5.26 Å². The molecule has 0 spiro atoms. The number of aromatic amines is 1. The molecule has 2 heterocycles. The van der Waals surface area contributed by atoms with Crippen molar-refractivity contribution in [2.75, 3.05) is 5.75 Å². The van der Waals surface area contributed by atoms with Crippen LogP contribution in [0.1, 0.15) is 20.8 Å². The summed E-state index contributed by atoms with van der Waals surface area (Å²) in [5, 5.41) is 21.4. The molecule has 22 heavy (non-hydrogen) atoms. The van der Waals surface area contributed by atoms with Gasteiger partial charge in [-0.15, -0.1) is 16.4 Å². The Bertz CT molecular complexity index is 674. The molecule has 0 aromatic carbocycles. The van der Waals surface area contributed by atoms with Crippen LogP contribution in [0.15, 0.2) is 22.7 Å². The first-order valence-electron chi connectivity index (χ1n) is 6.76. The van der Waals surface area contributed by atoms with Crippen molar-refractivity contribution in [3.8, 4) is 16.8 Å². The van der Waals surface area contributed by atoms with Crippen LogP contribution in [0.5, 0.6) is 0 Å². The van der Waals surface area contributed by atoms with Gasteiger partial charge in [0.05, 0.1) is 16.7 Å². The predicted octanol–water partition coefficient (Wildman–Crippen LogP) is 2.68. The molecular weight excluding hydrogens is 318 g/mol. The van der Waals surface area contributed by atoms with Crippen LogP contribution in [-0.2, 0) is 4.79 Å². The zero-order chi connectivity index (χ0) is 16.2. The first-order valence-corrected chi connectivity index (χ1v) is 8.62. The van der Waals surface area contributed by atoms with Crippen LogP contribution in [0.2, 0.25) is 0 Å². The monoisotopic (exact) mass is 335 g/mol. The van der Waals surface area contributed by atoms with E-state index in [9.17, 15) is 10.1 Å². The Kier molecular flexibility index (Phi) is 5.21. The highest BCUT2D eigenvalue weighted by Crippen LogP contribution is 2.23. The van der Waals surface area contributed by atoms with E-state index in [1.54, 1.807) is 18.3 Å². The number of carbonyl (C=O) groups excluding carboxylic acids is 1. The molecule has 0 saturated heterocycles. The highest BCUT2D eigenvalue weighted by atomic mass is 32.2. The average molecular weight is 335 g/mol. The van der Waals surface area contributed by atoms with Crippen molar-refractivity contribution in [1.29, 1.82) is 5.26 Å². The van der Waals surface area contributed by atoms with Crippen molar-refractivity contribution < 1.29 is 4.79 Å². The van der Waals surface area contributed by atoms with E-state index in [4.69, 9.17) is 0 Å². The summed E-state index contributed by atoms with van der Waals surface area (Å²) in [6, 6.07) is 6.05. The standard InChI is InChI=1S/C14H17N5OS2/c1-9(2)14(3,8-15)17-11(20)7-22-13-16-12(18-19-13)10-5-4-6-21-10/h4-6,9H,7H2,1-3H3,(H,17,20)(H,16,18,19)/t14-/m1/s1. The first kappa shape index (κ1) is 16.5. The molecule has 1 amide bonds. The molecule has 0 radical (unpaired) electrons. The van der Waals surface area contributed by atoms with Gasteiger partial charge >= 0.3 is 0 Å². The number of aromatic nitrogens is 3. The topological polar surface area (TPSA) is 94.5 Å². The maximum absolute atomic E-state index is 12.0. The minimum absolute atomic E-state index is 0.0281. The molecule has 0 saturated carbocycles. The van der Waals surface area contributed by atoms with Crippen molar-refractivity contribution in [3.05, 3.63) is 17.5 Å². The molecule has 1 atom stereocenters. The summed E-state index contributed by atoms with van der Waals surface area (Å²) in [6.45, 7) is 5.53. The van der Waals surface area contributed by atoms with Gasteiger partial charge in [0.1, 0.15) is 5.54 Å². The quantitative estimate of drug-likeness (QED) is 0.792. The second-order valence-electron chi connectivity index (χ2n) is 5.25. The Hall–Kier alpha value is -1.85. The molecule has 0 bridgehead atoms. The lowest BCUT2D eigenvalue weighted by molar-refractivity contribution is -0.120. The van der Waals surface area contributed by atoms with Crippen LogP contribution >= 0.6 is 23.1 Å². The summed E-state index contributed by atoms with van der Waals surface area (Å²) in [4.78, 5) is 17.3. The summed E-state index contributed by atoms with van der Waals surface area (Å²) in [5.74, 6) is 0.693. The molecule has 2 aromatic heterocycles. The number of hydrogen-bond donors (Lipinski definition) is 2. The lowest BCUT2D eigenvalue weighted by Gasteiger charge is -2.27. The lowest BCUT2D eigenvalue weighted by Crippen LogP contribution is -2.49. The van der Waals surface area contributed by atoms with Gasteiger partial charge in [0.15, 0.2) is 5.82 Å². The lowest BCUT2D eigenvalue weighted by atomic mass is 9.90. The van der Waals surface area contributed by atoms with Gasteiger partial charge < -0.3 is 5.32 Å². The smallest absolute Gasteiger partial charge is 0.231 e. The Morgan fingerprint density at radius 3 is 3.00 bits per heavy atom. The number of carbonyl (C=O) groups is 1. The Morgan fingerprint density at radius 1 is 1.64 bits per heavy atom. The third-order valence-corrected chi connectivity index (χ3v) is 5.06. The highest BCUT2D eigenvalue weighted by molar-refractivity contribution is 7.99. The number of H-pyrrole nitrogens is 1. The van der Waals surface area contributed by atoms with Crippen molar-refractivity contribution >= 4 is 29.0 Å². The second-order valence-corrected chi connectivity index (χ2v) is 7.14. The van der Waals surface area contributed by atoms with Gasteiger partial charge in [0.2, 0.25) is 11.1 Å². The SMILES string of the molecule is CC(C)[C@@](C)(C#N)NC(=O)CSc1n[nH]c(-c2cccs2)n1. The van der Waals surface area contributed by atoms with Gasteiger partial charge in [0, 0.05) is 0 Å². The molecule has 0 fully saturated rings. The molecule has 8 heteroatoms. The molecule has 116 valence electrons. The van der Waals surface area contributed by atoms with E-state index in [-0.39, 0.29) is 17.6 Å².